The van der Waals surface area contributed by atoms with Crippen LogP contribution in [0.2, 0.25) is 0 Å². The van der Waals surface area contributed by atoms with Crippen LogP contribution in [0.15, 0.2) is 24.3 Å². The van der Waals surface area contributed by atoms with Crippen LogP contribution < -0.4 is 0 Å². The molecule has 0 heterocycles. The number of aliphatic carboxylic acids is 2. The number of rotatable bonds is 23. The molecule has 4 nitrogen and oxygen atoms in total. The zero-order chi connectivity index (χ0) is 66.9. The van der Waals surface area contributed by atoms with Crippen LogP contribution >= 0.6 is 23.5 Å². The fraction of sp³-hybridized carbons (Fsp3) is 0.812. The summed E-state index contributed by atoms with van der Waals surface area (Å²) in [4.78, 5) is 19.2. The highest BCUT2D eigenvalue weighted by molar-refractivity contribution is 8.04. The van der Waals surface area contributed by atoms with Gasteiger partial charge in [-0.15, -0.1) is 0 Å². The van der Waals surface area contributed by atoms with Crippen LogP contribution in [-0.2, 0) is 9.59 Å². The summed E-state index contributed by atoms with van der Waals surface area (Å²) >= 11 is -5.99. The molecule has 2 unspecified atom stereocenters. The maximum atomic E-state index is 14.3. The average molecular weight is 1330 g/mol. The molecule has 0 radical (unpaired) electrons. The molecule has 0 bridgehead atoms. The van der Waals surface area contributed by atoms with E-state index in [-0.39, 0.29) is 11.1 Å². The number of carbonyl (C=O) groups is 2. The lowest BCUT2D eigenvalue weighted by atomic mass is 9.87. The molecule has 0 saturated heterocycles. The normalized spacial score (nSPS) is 16.4. The molecular formula is C32H20F42O4S2. The second-order valence-electron chi connectivity index (χ2n) is 15.0. The van der Waals surface area contributed by atoms with Gasteiger partial charge < -0.3 is 10.2 Å². The van der Waals surface area contributed by atoms with Crippen molar-refractivity contribution in [3.63, 3.8) is 0 Å². The second kappa shape index (κ2) is 22.3. The largest absolute Gasteiger partial charge is 0.478 e. The summed E-state index contributed by atoms with van der Waals surface area (Å²) in [6.07, 6.45) is -16.7. The third kappa shape index (κ3) is 12.2. The maximum absolute atomic E-state index is 14.3. The third-order valence-electron chi connectivity index (χ3n) is 9.02. The van der Waals surface area contributed by atoms with Crippen LogP contribution in [0.3, 0.4) is 0 Å². The van der Waals surface area contributed by atoms with Crippen molar-refractivity contribution in [1.29, 1.82) is 0 Å². The molecule has 0 rings (SSSR count). The van der Waals surface area contributed by atoms with Gasteiger partial charge >= 0.3 is 130 Å². The van der Waals surface area contributed by atoms with E-state index in [1.165, 1.54) is 13.8 Å². The molecule has 0 fully saturated rings. The predicted octanol–water partition coefficient (Wildman–Crippen LogP) is 17.0. The summed E-state index contributed by atoms with van der Waals surface area (Å²) in [6, 6.07) is 0. The van der Waals surface area contributed by atoms with Gasteiger partial charge in [-0.1, -0.05) is 50.5 Å². The SMILES string of the molecule is C=C(C)C(=O)O.C=C(C)C(=O)O.CC(SC(F)(F)C(F)(F)C(F)(F)C(F)(F)C(F)(F)C(F)(F)C(F)(F)C(F)(F)C(F)(F)C(F)(F)F)C(C)SC(F)(F)C(F)(F)C(F)(F)C(F)(F)C(F)(F)C(F)(F)C(F)(F)C(F)(F)C(F)(F)C(F)(F)F. The van der Waals surface area contributed by atoms with E-state index in [1.54, 1.807) is 0 Å². The second-order valence-corrected chi connectivity index (χ2v) is 18.0. The van der Waals surface area contributed by atoms with E-state index < -0.39 is 177 Å². The van der Waals surface area contributed by atoms with Gasteiger partial charge in [0.2, 0.25) is 0 Å². The van der Waals surface area contributed by atoms with Crippen LogP contribution in [0, 0.1) is 0 Å². The average Bonchev–Trinajstić information content (AvgIpc) is 3.21. The zero-order valence-electron chi connectivity index (χ0n) is 37.0. The molecule has 0 aliphatic carbocycles. The van der Waals surface area contributed by atoms with Gasteiger partial charge in [0.15, 0.2) is 0 Å². The number of alkyl halides is 42. The summed E-state index contributed by atoms with van der Waals surface area (Å²) in [5.41, 5.74) is 0.352. The maximum Gasteiger partial charge on any atom is 0.460 e. The van der Waals surface area contributed by atoms with E-state index >= 15 is 0 Å². The van der Waals surface area contributed by atoms with E-state index in [9.17, 15) is 194 Å². The molecule has 0 amide bonds. The number of thioether (sulfide) groups is 2. The van der Waals surface area contributed by atoms with Crippen LogP contribution in [0.4, 0.5) is 184 Å². The summed E-state index contributed by atoms with van der Waals surface area (Å²) < 4.78 is 569. The Bertz CT molecular complexity index is 2030. The molecule has 0 saturated carbocycles. The van der Waals surface area contributed by atoms with Gasteiger partial charge in [0.05, 0.1) is 0 Å². The van der Waals surface area contributed by atoms with Gasteiger partial charge in [0.25, 0.3) is 0 Å². The van der Waals surface area contributed by atoms with E-state index in [2.05, 4.69) is 13.2 Å². The molecule has 0 aromatic carbocycles. The van der Waals surface area contributed by atoms with Gasteiger partial charge in [-0.2, -0.15) is 184 Å². The van der Waals surface area contributed by atoms with Gasteiger partial charge in [-0.25, -0.2) is 9.59 Å². The number of carboxylic acids is 2. The van der Waals surface area contributed by atoms with Crippen molar-refractivity contribution in [3.05, 3.63) is 24.3 Å². The van der Waals surface area contributed by atoms with Crippen molar-refractivity contribution < 1.29 is 204 Å². The van der Waals surface area contributed by atoms with Crippen molar-refractivity contribution in [2.24, 2.45) is 0 Å². The molecule has 2 atom stereocenters. The molecule has 0 aromatic rings. The van der Waals surface area contributed by atoms with E-state index in [0.29, 0.717) is 0 Å². The van der Waals surface area contributed by atoms with Crippen molar-refractivity contribution in [3.8, 4) is 0 Å². The van der Waals surface area contributed by atoms with E-state index in [1.807, 2.05) is 0 Å². The molecule has 0 aromatic heterocycles. The Morgan fingerprint density at radius 2 is 0.375 bits per heavy atom. The minimum atomic E-state index is -9.75. The molecule has 478 valence electrons. The fourth-order valence-electron chi connectivity index (χ4n) is 3.89. The number of hydrogen-bond donors (Lipinski definition) is 2. The number of carboxylic acid groups (broad SMARTS) is 2. The van der Waals surface area contributed by atoms with Gasteiger partial charge in [-0.3, -0.25) is 0 Å². The first-order valence-corrected chi connectivity index (χ1v) is 19.6. The molecular weight excluding hydrogens is 1310 g/mol. The highest BCUT2D eigenvalue weighted by atomic mass is 32.2. The fourth-order valence-corrected chi connectivity index (χ4v) is 6.10. The van der Waals surface area contributed by atoms with Crippen molar-refractivity contribution in [1.82, 2.24) is 0 Å². The van der Waals surface area contributed by atoms with Crippen molar-refractivity contribution >= 4 is 35.5 Å². The van der Waals surface area contributed by atoms with Crippen LogP contribution in [-0.4, -0.2) is 150 Å². The summed E-state index contributed by atoms with van der Waals surface area (Å²) in [5.74, 6) is -152. The van der Waals surface area contributed by atoms with E-state index in [0.717, 1.165) is 0 Å². The Labute approximate surface area is 420 Å². The monoisotopic (exact) mass is 1330 g/mol. The minimum absolute atomic E-state index is 0.176. The van der Waals surface area contributed by atoms with Gasteiger partial charge in [0.1, 0.15) is 0 Å². The van der Waals surface area contributed by atoms with Crippen molar-refractivity contribution in [2.75, 3.05) is 0 Å². The zero-order valence-corrected chi connectivity index (χ0v) is 38.6. The smallest absolute Gasteiger partial charge is 0.460 e. The van der Waals surface area contributed by atoms with Crippen LogP contribution in [0.25, 0.3) is 0 Å². The van der Waals surface area contributed by atoms with E-state index in [4.69, 9.17) is 10.2 Å². The quantitative estimate of drug-likeness (QED) is 0.0784. The Kier molecular flexibility index (Phi) is 22.4. The van der Waals surface area contributed by atoms with Gasteiger partial charge in [0, 0.05) is 21.6 Å². The lowest BCUT2D eigenvalue weighted by Crippen LogP contribution is -2.76. The number of hydrogen-bond acceptors (Lipinski definition) is 4. The standard InChI is InChI=1S/C24H8F42S2.2C4H6O2/c1-3(67-23(63,64)19(53,54)15(45,46)11(37,38)7(29,30)5(25,26)9(33,34)13(41,42)17(49,50)21(57,58)59)4(2)68-24(65,66)20(55,56)16(47,48)12(39,40)8(31,32)6(27,28)10(35,36)14(43,44)18(51,52)22(60,61)62;2*1-3(2)4(5)6/h3-4H,1-2H3;2*1H2,2H3,(H,5,6). The minimum Gasteiger partial charge on any atom is -0.478 e. The molecule has 0 spiro atoms. The lowest BCUT2D eigenvalue weighted by molar-refractivity contribution is -0.472. The Hall–Kier alpha value is -3.82. The molecule has 48 heteroatoms. The topological polar surface area (TPSA) is 74.6 Å². The predicted molar refractivity (Wildman–Crippen MR) is 180 cm³/mol. The molecule has 80 heavy (non-hydrogen) atoms. The molecule has 0 aliphatic rings. The van der Waals surface area contributed by atoms with Crippen LogP contribution in [0.5, 0.6) is 0 Å². The summed E-state index contributed by atoms with van der Waals surface area (Å²) in [6.45, 7) is 7.71. The highest BCUT2D eigenvalue weighted by Crippen LogP contribution is 2.70. The Morgan fingerprint density at radius 1 is 0.275 bits per heavy atom. The third-order valence-corrected chi connectivity index (χ3v) is 11.9. The first-order valence-electron chi connectivity index (χ1n) is 17.9. The first-order chi connectivity index (χ1) is 33.8. The van der Waals surface area contributed by atoms with Crippen molar-refractivity contribution in [2.45, 2.75) is 156 Å². The summed E-state index contributed by atoms with van der Waals surface area (Å²) in [7, 11) is 0. The van der Waals surface area contributed by atoms with Crippen LogP contribution in [0.1, 0.15) is 27.7 Å². The number of halogens is 42. The lowest BCUT2D eigenvalue weighted by Gasteiger charge is -2.45. The summed E-state index contributed by atoms with van der Waals surface area (Å²) in [5, 5.41) is -7.87. The Balaban J connectivity index is -0.00000440. The molecule has 2 N–H and O–H groups in total. The molecule has 0 aliphatic heterocycles. The first kappa shape index (κ1) is 80.4. The van der Waals surface area contributed by atoms with Gasteiger partial charge in [-0.05, 0) is 13.8 Å². The highest BCUT2D eigenvalue weighted by Gasteiger charge is 3.00. The Morgan fingerprint density at radius 3 is 0.475 bits per heavy atom.